The van der Waals surface area contributed by atoms with Crippen molar-refractivity contribution in [2.24, 2.45) is 11.8 Å². The third-order valence-corrected chi connectivity index (χ3v) is 7.25. The van der Waals surface area contributed by atoms with Crippen molar-refractivity contribution in [1.82, 2.24) is 14.2 Å². The fraction of sp³-hybridized carbons (Fsp3) is 0.500. The van der Waals surface area contributed by atoms with Gasteiger partial charge in [-0.2, -0.15) is 4.31 Å². The van der Waals surface area contributed by atoms with E-state index in [1.165, 1.54) is 0 Å². The Labute approximate surface area is 165 Å². The van der Waals surface area contributed by atoms with Gasteiger partial charge in [-0.05, 0) is 44.7 Å². The summed E-state index contributed by atoms with van der Waals surface area (Å²) in [4.78, 5) is 18.4. The number of aromatic nitrogens is 1. The summed E-state index contributed by atoms with van der Waals surface area (Å²) in [5, 5.41) is 1.49. The van der Waals surface area contributed by atoms with Gasteiger partial charge < -0.3 is 9.64 Å². The van der Waals surface area contributed by atoms with Crippen LogP contribution in [-0.4, -0.2) is 60.5 Å². The van der Waals surface area contributed by atoms with E-state index < -0.39 is 15.6 Å². The molecule has 2 fully saturated rings. The summed E-state index contributed by atoms with van der Waals surface area (Å²) in [5.74, 6) is 0.276. The average Bonchev–Trinajstić information content (AvgIpc) is 3.19. The fourth-order valence-corrected chi connectivity index (χ4v) is 5.85. The summed E-state index contributed by atoms with van der Waals surface area (Å²) >= 11 is 0. The van der Waals surface area contributed by atoms with E-state index in [-0.39, 0.29) is 17.9 Å². The number of benzene rings is 1. The SMILES string of the molecule is CC(C)(C)OC(=O)N1CC2CN(S(=O)(=O)c3cccc4cnccc34)CC2C1. The number of hydrogen-bond acceptors (Lipinski definition) is 5. The molecule has 4 rings (SSSR count). The van der Waals surface area contributed by atoms with Gasteiger partial charge in [0.2, 0.25) is 10.0 Å². The predicted octanol–water partition coefficient (Wildman–Crippen LogP) is 2.72. The minimum absolute atomic E-state index is 0.138. The minimum atomic E-state index is -3.60. The zero-order valence-electron chi connectivity index (χ0n) is 16.3. The van der Waals surface area contributed by atoms with Crippen molar-refractivity contribution in [3.8, 4) is 0 Å². The fourth-order valence-electron chi connectivity index (χ4n) is 4.08. The highest BCUT2D eigenvalue weighted by molar-refractivity contribution is 7.89. The number of carbonyl (C=O) groups excluding carboxylic acids is 1. The van der Waals surface area contributed by atoms with Crippen LogP contribution in [0.15, 0.2) is 41.6 Å². The number of nitrogens with zero attached hydrogens (tertiary/aromatic N) is 3. The molecule has 1 aromatic heterocycles. The minimum Gasteiger partial charge on any atom is -0.444 e. The molecule has 2 aromatic rings. The smallest absolute Gasteiger partial charge is 0.410 e. The molecule has 2 atom stereocenters. The van der Waals surface area contributed by atoms with Crippen molar-refractivity contribution in [1.29, 1.82) is 0 Å². The molecule has 2 saturated heterocycles. The summed E-state index contributed by atoms with van der Waals surface area (Å²) in [6.07, 6.45) is 2.96. The molecule has 3 heterocycles. The number of carbonyl (C=O) groups is 1. The molecule has 0 N–H and O–H groups in total. The molecule has 150 valence electrons. The Morgan fingerprint density at radius 1 is 1.11 bits per heavy atom. The molecule has 0 saturated carbocycles. The Balaban J connectivity index is 1.51. The maximum absolute atomic E-state index is 13.3. The quantitative estimate of drug-likeness (QED) is 0.770. The summed E-state index contributed by atoms with van der Waals surface area (Å²) in [6, 6.07) is 7.00. The van der Waals surface area contributed by atoms with Gasteiger partial charge in [0.05, 0.1) is 4.90 Å². The second-order valence-corrected chi connectivity index (χ2v) is 10.5. The summed E-state index contributed by atoms with van der Waals surface area (Å²) in [7, 11) is -3.60. The van der Waals surface area contributed by atoms with E-state index in [9.17, 15) is 13.2 Å². The Morgan fingerprint density at radius 2 is 1.79 bits per heavy atom. The van der Waals surface area contributed by atoms with Crippen LogP contribution in [0.4, 0.5) is 4.79 Å². The number of amides is 1. The van der Waals surface area contributed by atoms with Gasteiger partial charge in [-0.15, -0.1) is 0 Å². The zero-order valence-corrected chi connectivity index (χ0v) is 17.1. The van der Waals surface area contributed by atoms with Crippen molar-refractivity contribution >= 4 is 26.9 Å². The van der Waals surface area contributed by atoms with Gasteiger partial charge in [0.15, 0.2) is 0 Å². The van der Waals surface area contributed by atoms with Crippen LogP contribution in [0.5, 0.6) is 0 Å². The van der Waals surface area contributed by atoms with E-state index in [4.69, 9.17) is 4.74 Å². The number of hydrogen-bond donors (Lipinski definition) is 0. The van der Waals surface area contributed by atoms with Crippen molar-refractivity contribution in [2.45, 2.75) is 31.3 Å². The second-order valence-electron chi connectivity index (χ2n) is 8.58. The van der Waals surface area contributed by atoms with Crippen molar-refractivity contribution < 1.29 is 17.9 Å². The van der Waals surface area contributed by atoms with Crippen LogP contribution in [0.25, 0.3) is 10.8 Å². The molecule has 0 spiro atoms. The van der Waals surface area contributed by atoms with E-state index in [1.54, 1.807) is 39.8 Å². The molecule has 0 bridgehead atoms. The van der Waals surface area contributed by atoms with Crippen molar-refractivity contribution in [2.75, 3.05) is 26.2 Å². The number of fused-ring (bicyclic) bond motifs is 2. The Bertz CT molecular complexity index is 996. The van der Waals surface area contributed by atoms with Gasteiger partial charge in [0.25, 0.3) is 0 Å². The first-order valence-electron chi connectivity index (χ1n) is 9.46. The molecule has 28 heavy (non-hydrogen) atoms. The summed E-state index contributed by atoms with van der Waals surface area (Å²) in [6.45, 7) is 7.44. The topological polar surface area (TPSA) is 79.8 Å². The summed E-state index contributed by atoms with van der Waals surface area (Å²) in [5.41, 5.74) is -0.534. The molecule has 8 heteroatoms. The lowest BCUT2D eigenvalue weighted by molar-refractivity contribution is 0.0279. The van der Waals surface area contributed by atoms with Gasteiger partial charge in [0, 0.05) is 49.3 Å². The molecule has 7 nitrogen and oxygen atoms in total. The van der Waals surface area contributed by atoms with E-state index >= 15 is 0 Å². The van der Waals surface area contributed by atoms with Gasteiger partial charge in [0.1, 0.15) is 5.60 Å². The first-order valence-corrected chi connectivity index (χ1v) is 10.9. The third kappa shape index (κ3) is 3.46. The lowest BCUT2D eigenvalue weighted by Gasteiger charge is -2.26. The van der Waals surface area contributed by atoms with Crippen LogP contribution < -0.4 is 0 Å². The molecular formula is C20H25N3O4S. The van der Waals surface area contributed by atoms with Gasteiger partial charge >= 0.3 is 6.09 Å². The zero-order chi connectivity index (χ0) is 20.1. The van der Waals surface area contributed by atoms with Gasteiger partial charge in [-0.3, -0.25) is 4.98 Å². The van der Waals surface area contributed by atoms with Crippen LogP contribution in [0.1, 0.15) is 20.8 Å². The van der Waals surface area contributed by atoms with Gasteiger partial charge in [-0.1, -0.05) is 12.1 Å². The highest BCUT2D eigenvalue weighted by Crippen LogP contribution is 2.36. The molecule has 2 aliphatic heterocycles. The highest BCUT2D eigenvalue weighted by atomic mass is 32.2. The highest BCUT2D eigenvalue weighted by Gasteiger charge is 2.46. The van der Waals surface area contributed by atoms with E-state index in [1.807, 2.05) is 26.8 Å². The number of ether oxygens (including phenoxy) is 1. The maximum atomic E-state index is 13.3. The predicted molar refractivity (Wildman–Crippen MR) is 105 cm³/mol. The Morgan fingerprint density at radius 3 is 2.43 bits per heavy atom. The molecule has 2 aliphatic rings. The number of pyridine rings is 1. The van der Waals surface area contributed by atoms with E-state index in [0.717, 1.165) is 5.39 Å². The Hall–Kier alpha value is -2.19. The molecule has 0 radical (unpaired) electrons. The van der Waals surface area contributed by atoms with Crippen LogP contribution in [0.3, 0.4) is 0 Å². The molecule has 1 aromatic carbocycles. The standard InChI is InChI=1S/C20H25N3O4S/c1-20(2,3)27-19(24)22-10-15-12-23(13-16(15)11-22)28(25,26)18-6-4-5-14-9-21-8-7-17(14)18/h4-9,15-16H,10-13H2,1-3H3. The van der Waals surface area contributed by atoms with Crippen molar-refractivity contribution in [3.05, 3.63) is 36.7 Å². The average molecular weight is 404 g/mol. The van der Waals surface area contributed by atoms with Crippen LogP contribution in [0, 0.1) is 11.8 Å². The van der Waals surface area contributed by atoms with Gasteiger partial charge in [-0.25, -0.2) is 13.2 Å². The lowest BCUT2D eigenvalue weighted by atomic mass is 10.0. The molecule has 2 unspecified atom stereocenters. The molecule has 0 aliphatic carbocycles. The maximum Gasteiger partial charge on any atom is 0.410 e. The van der Waals surface area contributed by atoms with E-state index in [0.29, 0.717) is 36.5 Å². The van der Waals surface area contributed by atoms with Crippen LogP contribution >= 0.6 is 0 Å². The first kappa shape index (κ1) is 19.1. The third-order valence-electron chi connectivity index (χ3n) is 5.36. The molecule has 1 amide bonds. The lowest BCUT2D eigenvalue weighted by Crippen LogP contribution is -2.38. The number of sulfonamides is 1. The summed E-state index contributed by atoms with van der Waals surface area (Å²) < 4.78 is 33.6. The number of rotatable bonds is 2. The van der Waals surface area contributed by atoms with Crippen LogP contribution in [0.2, 0.25) is 0 Å². The second kappa shape index (κ2) is 6.70. The Kier molecular flexibility index (Phi) is 4.58. The first-order chi connectivity index (χ1) is 13.1. The van der Waals surface area contributed by atoms with Crippen LogP contribution in [-0.2, 0) is 14.8 Å². The normalized spacial score (nSPS) is 23.2. The van der Waals surface area contributed by atoms with E-state index in [2.05, 4.69) is 4.98 Å². The monoisotopic (exact) mass is 403 g/mol. The number of likely N-dealkylation sites (tertiary alicyclic amines) is 1. The largest absolute Gasteiger partial charge is 0.444 e. The van der Waals surface area contributed by atoms with Crippen molar-refractivity contribution in [3.63, 3.8) is 0 Å². The molecular weight excluding hydrogens is 378 g/mol.